The second-order valence-corrected chi connectivity index (χ2v) is 5.51. The average molecular weight is 264 g/mol. The molecule has 18 heavy (non-hydrogen) atoms. The van der Waals surface area contributed by atoms with Gasteiger partial charge in [0.05, 0.1) is 12.6 Å². The predicted molar refractivity (Wildman–Crippen MR) is 75.6 cm³/mol. The van der Waals surface area contributed by atoms with Gasteiger partial charge in [0.15, 0.2) is 0 Å². The van der Waals surface area contributed by atoms with E-state index in [0.29, 0.717) is 12.6 Å². The fourth-order valence-electron chi connectivity index (χ4n) is 2.21. The van der Waals surface area contributed by atoms with E-state index in [0.717, 1.165) is 38.0 Å². The molecule has 2 N–H and O–H groups in total. The summed E-state index contributed by atoms with van der Waals surface area (Å²) in [6.07, 6.45) is 2.74. The molecule has 4 heteroatoms. The van der Waals surface area contributed by atoms with Crippen molar-refractivity contribution in [1.29, 1.82) is 0 Å². The van der Waals surface area contributed by atoms with Gasteiger partial charge in [0.1, 0.15) is 0 Å². The first-order chi connectivity index (χ1) is 8.81. The third-order valence-corrected chi connectivity index (χ3v) is 4.16. The summed E-state index contributed by atoms with van der Waals surface area (Å²) < 4.78 is 5.38. The van der Waals surface area contributed by atoms with Crippen LogP contribution in [0.3, 0.4) is 0 Å². The molecule has 0 saturated carbocycles. The first kappa shape index (κ1) is 13.6. The Bertz CT molecular complexity index is 424. The Kier molecular flexibility index (Phi) is 5.21. The Balaban J connectivity index is 1.85. The largest absolute Gasteiger partial charge is 0.381 e. The molecule has 98 valence electrons. The van der Waals surface area contributed by atoms with E-state index in [2.05, 4.69) is 28.2 Å². The zero-order valence-corrected chi connectivity index (χ0v) is 11.6. The van der Waals surface area contributed by atoms with Gasteiger partial charge in [-0.2, -0.15) is 0 Å². The van der Waals surface area contributed by atoms with Crippen LogP contribution in [0.15, 0.2) is 11.4 Å². The second-order valence-electron chi connectivity index (χ2n) is 4.52. The van der Waals surface area contributed by atoms with Crippen molar-refractivity contribution in [3.8, 4) is 11.8 Å². The van der Waals surface area contributed by atoms with Crippen LogP contribution < -0.4 is 5.73 Å². The first-order valence-electron chi connectivity index (χ1n) is 6.33. The summed E-state index contributed by atoms with van der Waals surface area (Å²) in [5, 5.41) is 2.11. The molecular formula is C14H20N2OS. The number of thiophene rings is 1. The number of ether oxygens (including phenoxy) is 1. The van der Waals surface area contributed by atoms with Crippen molar-refractivity contribution >= 4 is 11.3 Å². The van der Waals surface area contributed by atoms with Crippen molar-refractivity contribution in [3.05, 3.63) is 21.9 Å². The Morgan fingerprint density at radius 1 is 1.50 bits per heavy atom. The standard InChI is InChI=1S/C14H20N2OS/c1-17-13-4-7-16(8-5-13)10-14-9-12(11-18-14)3-2-6-15/h9,11,13H,4-8,10,15H2,1H3. The molecule has 0 spiro atoms. The molecule has 1 aliphatic rings. The highest BCUT2D eigenvalue weighted by Crippen LogP contribution is 2.19. The molecule has 0 aliphatic carbocycles. The number of nitrogens with two attached hydrogens (primary N) is 1. The van der Waals surface area contributed by atoms with Crippen LogP contribution in [0.25, 0.3) is 0 Å². The molecule has 0 amide bonds. The number of methoxy groups -OCH3 is 1. The van der Waals surface area contributed by atoms with Gasteiger partial charge in [-0.05, 0) is 18.9 Å². The van der Waals surface area contributed by atoms with Crippen LogP contribution in [0.1, 0.15) is 23.3 Å². The SMILES string of the molecule is COC1CCN(Cc2cc(C#CCN)cs2)CC1. The van der Waals surface area contributed by atoms with Crippen molar-refractivity contribution < 1.29 is 4.74 Å². The molecule has 2 heterocycles. The molecule has 2 rings (SSSR count). The molecule has 0 unspecified atom stereocenters. The lowest BCUT2D eigenvalue weighted by molar-refractivity contribution is 0.0391. The van der Waals surface area contributed by atoms with E-state index in [4.69, 9.17) is 10.5 Å². The number of piperidine rings is 1. The van der Waals surface area contributed by atoms with Crippen LogP contribution in [-0.4, -0.2) is 37.7 Å². The highest BCUT2D eigenvalue weighted by Gasteiger charge is 2.18. The van der Waals surface area contributed by atoms with E-state index in [1.807, 2.05) is 7.11 Å². The van der Waals surface area contributed by atoms with Crippen LogP contribution >= 0.6 is 11.3 Å². The van der Waals surface area contributed by atoms with E-state index >= 15 is 0 Å². The molecule has 1 saturated heterocycles. The van der Waals surface area contributed by atoms with Gasteiger partial charge in [0, 0.05) is 42.6 Å². The maximum atomic E-state index is 5.38. The average Bonchev–Trinajstić information content (AvgIpc) is 2.85. The zero-order chi connectivity index (χ0) is 12.8. The van der Waals surface area contributed by atoms with Crippen molar-refractivity contribution in [2.45, 2.75) is 25.5 Å². The molecule has 0 bridgehead atoms. The lowest BCUT2D eigenvalue weighted by Crippen LogP contribution is -2.35. The molecule has 1 aliphatic heterocycles. The minimum absolute atomic E-state index is 0.426. The fourth-order valence-corrected chi connectivity index (χ4v) is 3.06. The lowest BCUT2D eigenvalue weighted by atomic mass is 10.1. The Hall–Kier alpha value is -0.860. The number of hydrogen-bond donors (Lipinski definition) is 1. The minimum Gasteiger partial charge on any atom is -0.381 e. The van der Waals surface area contributed by atoms with Gasteiger partial charge in [0.25, 0.3) is 0 Å². The van der Waals surface area contributed by atoms with E-state index in [-0.39, 0.29) is 0 Å². The van der Waals surface area contributed by atoms with Crippen molar-refractivity contribution in [1.82, 2.24) is 4.90 Å². The zero-order valence-electron chi connectivity index (χ0n) is 10.8. The van der Waals surface area contributed by atoms with Crippen molar-refractivity contribution in [3.63, 3.8) is 0 Å². The Morgan fingerprint density at radius 3 is 2.94 bits per heavy atom. The van der Waals surface area contributed by atoms with E-state index in [1.54, 1.807) is 11.3 Å². The van der Waals surface area contributed by atoms with E-state index in [1.165, 1.54) is 4.88 Å². The number of nitrogens with zero attached hydrogens (tertiary/aromatic N) is 1. The monoisotopic (exact) mass is 264 g/mol. The highest BCUT2D eigenvalue weighted by atomic mass is 32.1. The maximum Gasteiger partial charge on any atom is 0.0595 e. The van der Waals surface area contributed by atoms with Crippen molar-refractivity contribution in [2.24, 2.45) is 5.73 Å². The van der Waals surface area contributed by atoms with Crippen LogP contribution in [0.4, 0.5) is 0 Å². The molecule has 0 atom stereocenters. The summed E-state index contributed by atoms with van der Waals surface area (Å²) in [6.45, 7) is 3.71. The van der Waals surface area contributed by atoms with E-state index < -0.39 is 0 Å². The number of hydrogen-bond acceptors (Lipinski definition) is 4. The van der Waals surface area contributed by atoms with Crippen LogP contribution in [-0.2, 0) is 11.3 Å². The van der Waals surface area contributed by atoms with Gasteiger partial charge in [0.2, 0.25) is 0 Å². The fraction of sp³-hybridized carbons (Fsp3) is 0.571. The lowest BCUT2D eigenvalue weighted by Gasteiger charge is -2.30. The summed E-state index contributed by atoms with van der Waals surface area (Å²) in [4.78, 5) is 3.87. The van der Waals surface area contributed by atoms with Gasteiger partial charge in [-0.15, -0.1) is 11.3 Å². The molecule has 3 nitrogen and oxygen atoms in total. The summed E-state index contributed by atoms with van der Waals surface area (Å²) in [7, 11) is 1.81. The summed E-state index contributed by atoms with van der Waals surface area (Å²) in [5.41, 5.74) is 6.46. The summed E-state index contributed by atoms with van der Waals surface area (Å²) in [6, 6.07) is 2.18. The molecule has 0 aromatic carbocycles. The predicted octanol–water partition coefficient (Wildman–Crippen LogP) is 1.67. The number of likely N-dealkylation sites (tertiary alicyclic amines) is 1. The minimum atomic E-state index is 0.426. The highest BCUT2D eigenvalue weighted by molar-refractivity contribution is 7.10. The Morgan fingerprint density at radius 2 is 2.28 bits per heavy atom. The van der Waals surface area contributed by atoms with Crippen LogP contribution in [0, 0.1) is 11.8 Å². The van der Waals surface area contributed by atoms with Gasteiger partial charge in [-0.25, -0.2) is 0 Å². The summed E-state index contributed by atoms with van der Waals surface area (Å²) in [5.74, 6) is 5.96. The summed E-state index contributed by atoms with van der Waals surface area (Å²) >= 11 is 1.78. The molecular weight excluding hydrogens is 244 g/mol. The second kappa shape index (κ2) is 6.91. The molecule has 1 aromatic rings. The van der Waals surface area contributed by atoms with Crippen LogP contribution in [0.2, 0.25) is 0 Å². The third kappa shape index (κ3) is 3.82. The molecule has 0 radical (unpaired) electrons. The number of rotatable bonds is 3. The normalized spacial score (nSPS) is 17.4. The topological polar surface area (TPSA) is 38.5 Å². The van der Waals surface area contributed by atoms with Crippen molar-refractivity contribution in [2.75, 3.05) is 26.7 Å². The maximum absolute atomic E-state index is 5.38. The Labute approximate surface area is 113 Å². The molecule has 1 fully saturated rings. The van der Waals surface area contributed by atoms with Crippen LogP contribution in [0.5, 0.6) is 0 Å². The molecule has 1 aromatic heterocycles. The van der Waals surface area contributed by atoms with E-state index in [9.17, 15) is 0 Å². The smallest absolute Gasteiger partial charge is 0.0595 e. The first-order valence-corrected chi connectivity index (χ1v) is 7.21. The van der Waals surface area contributed by atoms with Gasteiger partial charge in [-0.1, -0.05) is 11.8 Å². The van der Waals surface area contributed by atoms with Gasteiger partial charge in [-0.3, -0.25) is 4.90 Å². The quantitative estimate of drug-likeness (QED) is 0.844. The van der Waals surface area contributed by atoms with Gasteiger partial charge < -0.3 is 10.5 Å². The van der Waals surface area contributed by atoms with Gasteiger partial charge >= 0.3 is 0 Å². The third-order valence-electron chi connectivity index (χ3n) is 3.24.